The SMILES string of the molecule is C/C=C/C=C\C(=C(/C)C1=CCCC(C)C=C1)c1cccc(C)c1.CC.CCC.[Rh]. The molecule has 0 heterocycles. The molecule has 0 aromatic heterocycles. The van der Waals surface area contributed by atoms with Crippen LogP contribution in [0.1, 0.15) is 78.9 Å². The molecule has 29 heavy (non-hydrogen) atoms. The van der Waals surface area contributed by atoms with E-state index in [9.17, 15) is 0 Å². The molecule has 1 unspecified atom stereocenters. The third-order valence-corrected chi connectivity index (χ3v) is 4.32. The summed E-state index contributed by atoms with van der Waals surface area (Å²) in [5, 5.41) is 0. The largest absolute Gasteiger partial charge is 0.0877 e. The van der Waals surface area contributed by atoms with Crippen LogP contribution in [0, 0.1) is 12.8 Å². The van der Waals surface area contributed by atoms with Crippen molar-refractivity contribution in [1.29, 1.82) is 0 Å². The van der Waals surface area contributed by atoms with Gasteiger partial charge in [0.1, 0.15) is 0 Å². The van der Waals surface area contributed by atoms with Crippen LogP contribution in [0.2, 0.25) is 0 Å². The minimum absolute atomic E-state index is 0. The average molecular weight is 482 g/mol. The molecule has 1 aliphatic carbocycles. The van der Waals surface area contributed by atoms with Crippen molar-refractivity contribution in [2.45, 2.75) is 74.7 Å². The molecule has 0 nitrogen and oxygen atoms in total. The molecule has 1 aromatic rings. The Hall–Kier alpha value is -1.46. The molecule has 2 rings (SSSR count). The van der Waals surface area contributed by atoms with Gasteiger partial charge in [0.25, 0.3) is 0 Å². The van der Waals surface area contributed by atoms with Crippen LogP contribution < -0.4 is 0 Å². The van der Waals surface area contributed by atoms with E-state index in [1.54, 1.807) is 0 Å². The molecule has 0 saturated carbocycles. The fourth-order valence-electron chi connectivity index (χ4n) is 2.88. The Balaban J connectivity index is 0. The quantitative estimate of drug-likeness (QED) is 0.297. The number of benzene rings is 1. The van der Waals surface area contributed by atoms with E-state index in [1.807, 2.05) is 20.8 Å². The van der Waals surface area contributed by atoms with Gasteiger partial charge >= 0.3 is 0 Å². The molecule has 0 N–H and O–H groups in total. The maximum absolute atomic E-state index is 2.38. The van der Waals surface area contributed by atoms with Crippen molar-refractivity contribution >= 4 is 5.57 Å². The van der Waals surface area contributed by atoms with E-state index in [1.165, 1.54) is 40.7 Å². The topological polar surface area (TPSA) is 0 Å². The molecule has 1 heteroatoms. The van der Waals surface area contributed by atoms with Crippen molar-refractivity contribution in [1.82, 2.24) is 0 Å². The Labute approximate surface area is 194 Å². The van der Waals surface area contributed by atoms with Crippen molar-refractivity contribution < 1.29 is 19.5 Å². The van der Waals surface area contributed by atoms with Crippen molar-refractivity contribution in [2.24, 2.45) is 5.92 Å². The molecule has 0 saturated heterocycles. The van der Waals surface area contributed by atoms with E-state index in [4.69, 9.17) is 0 Å². The van der Waals surface area contributed by atoms with Gasteiger partial charge in [-0.2, -0.15) is 0 Å². The second-order valence-electron chi connectivity index (χ2n) is 7.07. The van der Waals surface area contributed by atoms with Crippen LogP contribution in [0.4, 0.5) is 0 Å². The Kier molecular flexibility index (Phi) is 19.0. The number of hydrogen-bond donors (Lipinski definition) is 0. The van der Waals surface area contributed by atoms with E-state index in [0.29, 0.717) is 5.92 Å². The molecular weight excluding hydrogens is 439 g/mol. The summed E-state index contributed by atoms with van der Waals surface area (Å²) in [7, 11) is 0. The van der Waals surface area contributed by atoms with Gasteiger partial charge in [-0.05, 0) is 61.8 Å². The molecule has 1 aromatic carbocycles. The van der Waals surface area contributed by atoms with E-state index in [0.717, 1.165) is 6.42 Å². The predicted molar refractivity (Wildman–Crippen MR) is 131 cm³/mol. The van der Waals surface area contributed by atoms with Crippen molar-refractivity contribution in [3.8, 4) is 0 Å². The first-order chi connectivity index (χ1) is 13.5. The summed E-state index contributed by atoms with van der Waals surface area (Å²) in [4.78, 5) is 0. The fraction of sp³-hybridized carbons (Fsp3) is 0.429. The van der Waals surface area contributed by atoms with Crippen molar-refractivity contribution in [2.75, 3.05) is 0 Å². The predicted octanol–water partition coefficient (Wildman–Crippen LogP) is 9.25. The summed E-state index contributed by atoms with van der Waals surface area (Å²) >= 11 is 0. The molecule has 1 aliphatic rings. The fourth-order valence-corrected chi connectivity index (χ4v) is 2.88. The zero-order valence-corrected chi connectivity index (χ0v) is 21.5. The van der Waals surface area contributed by atoms with E-state index < -0.39 is 0 Å². The maximum Gasteiger partial charge on any atom is 0 e. The number of hydrogen-bond acceptors (Lipinski definition) is 0. The van der Waals surface area contributed by atoms with Crippen LogP contribution in [0.15, 0.2) is 77.9 Å². The van der Waals surface area contributed by atoms with Crippen LogP contribution in [-0.4, -0.2) is 0 Å². The zero-order valence-electron chi connectivity index (χ0n) is 19.9. The van der Waals surface area contributed by atoms with Gasteiger partial charge in [-0.3, -0.25) is 0 Å². The van der Waals surface area contributed by atoms with Crippen LogP contribution in [0.3, 0.4) is 0 Å². The van der Waals surface area contributed by atoms with Gasteiger partial charge in [-0.1, -0.05) is 113 Å². The number of aryl methyl sites for hydroxylation is 1. The van der Waals surface area contributed by atoms with Crippen LogP contribution in [0.5, 0.6) is 0 Å². The summed E-state index contributed by atoms with van der Waals surface area (Å²) in [5.41, 5.74) is 6.59. The van der Waals surface area contributed by atoms with E-state index in [-0.39, 0.29) is 19.5 Å². The molecular formula is C28H42Rh. The maximum atomic E-state index is 2.38. The minimum atomic E-state index is 0. The summed E-state index contributed by atoms with van der Waals surface area (Å²) in [6.07, 6.45) is 19.2. The van der Waals surface area contributed by atoms with Gasteiger partial charge in [-0.25, -0.2) is 0 Å². The third kappa shape index (κ3) is 12.0. The summed E-state index contributed by atoms with van der Waals surface area (Å²) in [6, 6.07) is 8.76. The van der Waals surface area contributed by atoms with Crippen molar-refractivity contribution in [3.05, 3.63) is 89.1 Å². The normalized spacial score (nSPS) is 16.6. The summed E-state index contributed by atoms with van der Waals surface area (Å²) in [6.45, 7) is 17.0. The molecule has 163 valence electrons. The smallest absolute Gasteiger partial charge is 0 e. The average Bonchev–Trinajstić information content (AvgIpc) is 2.91. The monoisotopic (exact) mass is 481 g/mol. The van der Waals surface area contributed by atoms with Gasteiger partial charge in [0, 0.05) is 19.5 Å². The van der Waals surface area contributed by atoms with Crippen LogP contribution in [-0.2, 0) is 19.5 Å². The van der Waals surface area contributed by atoms with Gasteiger partial charge in [0.15, 0.2) is 0 Å². The molecule has 0 spiro atoms. The third-order valence-electron chi connectivity index (χ3n) is 4.32. The molecule has 1 radical (unpaired) electrons. The van der Waals surface area contributed by atoms with Gasteiger partial charge < -0.3 is 0 Å². The second-order valence-corrected chi connectivity index (χ2v) is 7.07. The first kappa shape index (κ1) is 29.7. The van der Waals surface area contributed by atoms with Crippen LogP contribution >= 0.6 is 0 Å². The van der Waals surface area contributed by atoms with E-state index >= 15 is 0 Å². The molecule has 0 bridgehead atoms. The van der Waals surface area contributed by atoms with Gasteiger partial charge in [-0.15, -0.1) is 0 Å². The Morgan fingerprint density at radius 3 is 2.38 bits per heavy atom. The Morgan fingerprint density at radius 2 is 1.79 bits per heavy atom. The number of allylic oxidation sites excluding steroid dienone is 10. The summed E-state index contributed by atoms with van der Waals surface area (Å²) < 4.78 is 0. The van der Waals surface area contributed by atoms with Crippen LogP contribution in [0.25, 0.3) is 5.57 Å². The molecule has 1 atom stereocenters. The van der Waals surface area contributed by atoms with Crippen molar-refractivity contribution in [3.63, 3.8) is 0 Å². The van der Waals surface area contributed by atoms with Gasteiger partial charge in [0.2, 0.25) is 0 Å². The number of rotatable bonds is 4. The standard InChI is InChI=1S/C23H28.C3H8.C2H6.Rh/c1-5-6-7-14-23(22-13-9-11-19(3)17-22)20(4)21-12-8-10-18(2)15-16-21;1-3-2;1-2;/h5-7,9,11-18H,8,10H2,1-4H3;3H2,1-2H3;1-2H3;/b6-5+,14-7-,23-20-;;;. The summed E-state index contributed by atoms with van der Waals surface area (Å²) in [5.74, 6) is 0.664. The Bertz CT molecular complexity index is 699. The first-order valence-corrected chi connectivity index (χ1v) is 11.0. The van der Waals surface area contributed by atoms with Gasteiger partial charge in [0.05, 0.1) is 0 Å². The van der Waals surface area contributed by atoms with E-state index in [2.05, 4.69) is 101 Å². The first-order valence-electron chi connectivity index (χ1n) is 11.0. The zero-order chi connectivity index (χ0) is 21.4. The second kappa shape index (κ2) is 18.6. The molecule has 0 amide bonds. The minimum Gasteiger partial charge on any atom is -0.0877 e. The molecule has 0 fully saturated rings. The Morgan fingerprint density at radius 1 is 1.14 bits per heavy atom. The molecule has 0 aliphatic heterocycles.